The first-order valence-electron chi connectivity index (χ1n) is 6.03. The Morgan fingerprint density at radius 3 is 2.65 bits per heavy atom. The van der Waals surface area contributed by atoms with Crippen LogP contribution in [0.1, 0.15) is 38.1 Å². The normalized spacial score (nSPS) is 12.5. The summed E-state index contributed by atoms with van der Waals surface area (Å²) >= 11 is 6.03. The summed E-state index contributed by atoms with van der Waals surface area (Å²) in [5, 5.41) is 13.2. The zero-order chi connectivity index (χ0) is 12.8. The van der Waals surface area contributed by atoms with Gasteiger partial charge in [-0.2, -0.15) is 0 Å². The number of nitrogens with zero attached hydrogens (tertiary/aromatic N) is 2. The zero-order valence-electron chi connectivity index (χ0n) is 10.6. The molecule has 1 rings (SSSR count). The van der Waals surface area contributed by atoms with Crippen molar-refractivity contribution in [2.24, 2.45) is 0 Å². The highest BCUT2D eigenvalue weighted by Crippen LogP contribution is 2.20. The summed E-state index contributed by atoms with van der Waals surface area (Å²) < 4.78 is 0. The summed E-state index contributed by atoms with van der Waals surface area (Å²) in [6, 6.07) is 0. The minimum atomic E-state index is -0.259. The molecule has 4 nitrogen and oxygen atoms in total. The minimum Gasteiger partial charge on any atom is -0.393 e. The highest BCUT2D eigenvalue weighted by Gasteiger charge is 2.08. The van der Waals surface area contributed by atoms with Crippen molar-refractivity contribution in [1.82, 2.24) is 9.97 Å². The van der Waals surface area contributed by atoms with E-state index in [1.807, 2.05) is 20.8 Å². The molecule has 1 aromatic rings. The van der Waals surface area contributed by atoms with Gasteiger partial charge in [-0.3, -0.25) is 0 Å². The van der Waals surface area contributed by atoms with E-state index in [1.54, 1.807) is 0 Å². The largest absolute Gasteiger partial charge is 0.393 e. The lowest BCUT2D eigenvalue weighted by Gasteiger charge is -2.12. The van der Waals surface area contributed by atoms with Gasteiger partial charge in [0.25, 0.3) is 0 Å². The van der Waals surface area contributed by atoms with E-state index in [9.17, 15) is 5.11 Å². The van der Waals surface area contributed by atoms with Crippen molar-refractivity contribution in [3.05, 3.63) is 16.5 Å². The summed E-state index contributed by atoms with van der Waals surface area (Å²) in [5.41, 5.74) is 0.856. The van der Waals surface area contributed by atoms with Gasteiger partial charge in [-0.1, -0.05) is 25.4 Å². The fourth-order valence-corrected chi connectivity index (χ4v) is 1.61. The highest BCUT2D eigenvalue weighted by atomic mass is 35.5. The van der Waals surface area contributed by atoms with Crippen LogP contribution in [0.5, 0.6) is 0 Å². The van der Waals surface area contributed by atoms with Crippen LogP contribution in [-0.2, 0) is 6.42 Å². The van der Waals surface area contributed by atoms with E-state index in [1.165, 1.54) is 0 Å². The maximum absolute atomic E-state index is 9.46. The van der Waals surface area contributed by atoms with Gasteiger partial charge in [0, 0.05) is 18.5 Å². The number of aryl methyl sites for hydroxylation is 1. The van der Waals surface area contributed by atoms with Crippen LogP contribution in [0.25, 0.3) is 0 Å². The monoisotopic (exact) mass is 257 g/mol. The fourth-order valence-electron chi connectivity index (χ4n) is 1.42. The summed E-state index contributed by atoms with van der Waals surface area (Å²) in [5.74, 6) is 1.50. The van der Waals surface area contributed by atoms with E-state index in [0.717, 1.165) is 30.0 Å². The van der Waals surface area contributed by atoms with Crippen molar-refractivity contribution in [2.75, 3.05) is 11.9 Å². The lowest BCUT2D eigenvalue weighted by atomic mass is 10.2. The van der Waals surface area contributed by atoms with Crippen molar-refractivity contribution in [3.8, 4) is 0 Å². The average Bonchev–Trinajstić information content (AvgIpc) is 2.33. The van der Waals surface area contributed by atoms with Gasteiger partial charge in [0.05, 0.1) is 6.10 Å². The molecular weight excluding hydrogens is 238 g/mol. The Kier molecular flexibility index (Phi) is 5.65. The van der Waals surface area contributed by atoms with E-state index in [4.69, 9.17) is 11.6 Å². The maximum Gasteiger partial charge on any atom is 0.137 e. The zero-order valence-corrected chi connectivity index (χ0v) is 11.4. The van der Waals surface area contributed by atoms with E-state index < -0.39 is 0 Å². The molecule has 96 valence electrons. The number of anilines is 1. The molecule has 0 aliphatic heterocycles. The first kappa shape index (κ1) is 14.2. The second-order valence-electron chi connectivity index (χ2n) is 4.04. The Morgan fingerprint density at radius 2 is 2.06 bits per heavy atom. The van der Waals surface area contributed by atoms with Gasteiger partial charge in [0.2, 0.25) is 0 Å². The summed E-state index contributed by atoms with van der Waals surface area (Å²) in [7, 11) is 0. The summed E-state index contributed by atoms with van der Waals surface area (Å²) in [4.78, 5) is 8.56. The van der Waals surface area contributed by atoms with Crippen LogP contribution in [0, 0.1) is 6.92 Å². The van der Waals surface area contributed by atoms with Gasteiger partial charge >= 0.3 is 0 Å². The second kappa shape index (κ2) is 6.77. The van der Waals surface area contributed by atoms with Crippen LogP contribution in [-0.4, -0.2) is 27.7 Å². The molecule has 17 heavy (non-hydrogen) atoms. The van der Waals surface area contributed by atoms with Crippen molar-refractivity contribution in [2.45, 2.75) is 46.1 Å². The number of aliphatic hydroxyl groups is 1. The van der Waals surface area contributed by atoms with E-state index in [0.29, 0.717) is 18.1 Å². The van der Waals surface area contributed by atoms with Gasteiger partial charge in [-0.05, 0) is 19.8 Å². The number of hydrogen-bond donors (Lipinski definition) is 2. The molecule has 0 radical (unpaired) electrons. The number of rotatable bonds is 6. The minimum absolute atomic E-state index is 0.259. The van der Waals surface area contributed by atoms with Crippen molar-refractivity contribution in [3.63, 3.8) is 0 Å². The van der Waals surface area contributed by atoms with Crippen LogP contribution < -0.4 is 5.32 Å². The molecular formula is C12H20ClN3O. The molecule has 1 unspecified atom stereocenters. The molecule has 0 aliphatic rings. The Hall–Kier alpha value is -0.870. The number of aromatic nitrogens is 2. The quantitative estimate of drug-likeness (QED) is 0.769. The highest BCUT2D eigenvalue weighted by molar-refractivity contribution is 6.30. The third-order valence-electron chi connectivity index (χ3n) is 2.69. The van der Waals surface area contributed by atoms with Crippen LogP contribution >= 0.6 is 11.6 Å². The van der Waals surface area contributed by atoms with Gasteiger partial charge < -0.3 is 10.4 Å². The molecule has 0 amide bonds. The summed E-state index contributed by atoms with van der Waals surface area (Å²) in [6.45, 7) is 6.53. The molecule has 1 aromatic heterocycles. The Labute approximate surface area is 107 Å². The topological polar surface area (TPSA) is 58.0 Å². The molecule has 0 bridgehead atoms. The maximum atomic E-state index is 9.46. The SMILES string of the molecule is CCc1nc(Cl)c(C)c(NCCC(O)CC)n1. The van der Waals surface area contributed by atoms with Gasteiger partial charge in [0.15, 0.2) is 0 Å². The van der Waals surface area contributed by atoms with Gasteiger partial charge in [-0.25, -0.2) is 9.97 Å². The van der Waals surface area contributed by atoms with Crippen LogP contribution in [0.15, 0.2) is 0 Å². The Balaban J connectivity index is 2.66. The number of halogens is 1. The van der Waals surface area contributed by atoms with Crippen molar-refractivity contribution >= 4 is 17.4 Å². The number of nitrogens with one attached hydrogen (secondary N) is 1. The standard InChI is InChI=1S/C12H20ClN3O/c1-4-9(17)6-7-14-12-8(3)11(13)15-10(5-2)16-12/h9,17H,4-7H2,1-3H3,(H,14,15,16). The lowest BCUT2D eigenvalue weighted by molar-refractivity contribution is 0.164. The van der Waals surface area contributed by atoms with Crippen molar-refractivity contribution in [1.29, 1.82) is 0 Å². The number of aliphatic hydroxyl groups excluding tert-OH is 1. The average molecular weight is 258 g/mol. The third kappa shape index (κ3) is 4.13. The molecule has 0 spiro atoms. The fraction of sp³-hybridized carbons (Fsp3) is 0.667. The molecule has 0 fully saturated rings. The van der Waals surface area contributed by atoms with E-state index >= 15 is 0 Å². The van der Waals surface area contributed by atoms with E-state index in [-0.39, 0.29) is 6.10 Å². The van der Waals surface area contributed by atoms with Crippen LogP contribution in [0.4, 0.5) is 5.82 Å². The number of hydrogen-bond acceptors (Lipinski definition) is 4. The second-order valence-corrected chi connectivity index (χ2v) is 4.39. The predicted octanol–water partition coefficient (Wildman–Crippen LogP) is 2.57. The molecule has 2 N–H and O–H groups in total. The summed E-state index contributed by atoms with van der Waals surface area (Å²) in [6.07, 6.45) is 1.97. The first-order chi connectivity index (χ1) is 8.08. The predicted molar refractivity (Wildman–Crippen MR) is 70.6 cm³/mol. The Bertz CT molecular complexity index is 371. The van der Waals surface area contributed by atoms with E-state index in [2.05, 4.69) is 15.3 Å². The van der Waals surface area contributed by atoms with Crippen LogP contribution in [0.3, 0.4) is 0 Å². The third-order valence-corrected chi connectivity index (χ3v) is 3.06. The lowest BCUT2D eigenvalue weighted by Crippen LogP contribution is -2.14. The van der Waals surface area contributed by atoms with Crippen LogP contribution in [0.2, 0.25) is 5.15 Å². The molecule has 0 aliphatic carbocycles. The van der Waals surface area contributed by atoms with Gasteiger partial charge in [-0.15, -0.1) is 0 Å². The molecule has 1 atom stereocenters. The molecule has 0 aromatic carbocycles. The molecule has 1 heterocycles. The molecule has 5 heteroatoms. The molecule has 0 saturated heterocycles. The molecule has 0 saturated carbocycles. The first-order valence-corrected chi connectivity index (χ1v) is 6.41. The smallest absolute Gasteiger partial charge is 0.137 e. The Morgan fingerprint density at radius 1 is 1.35 bits per heavy atom. The van der Waals surface area contributed by atoms with Crippen molar-refractivity contribution < 1.29 is 5.11 Å². The van der Waals surface area contributed by atoms with Gasteiger partial charge in [0.1, 0.15) is 16.8 Å².